The van der Waals surface area contributed by atoms with Crippen molar-refractivity contribution in [2.24, 2.45) is 0 Å². The Labute approximate surface area is 106 Å². The van der Waals surface area contributed by atoms with Crippen LogP contribution >= 0.6 is 0 Å². The summed E-state index contributed by atoms with van der Waals surface area (Å²) in [6.45, 7) is 4.30. The molecule has 0 aromatic carbocycles. The van der Waals surface area contributed by atoms with Crippen molar-refractivity contribution in [1.29, 1.82) is 0 Å². The summed E-state index contributed by atoms with van der Waals surface area (Å²) >= 11 is 0. The third-order valence-electron chi connectivity index (χ3n) is 3.54. The number of nitrogens with zero attached hydrogens (tertiary/aromatic N) is 3. The number of rotatable bonds is 2. The molecule has 1 fully saturated rings. The normalized spacial score (nSPS) is 24.0. The first kappa shape index (κ1) is 12.6. The van der Waals surface area contributed by atoms with Gasteiger partial charge in [-0.3, -0.25) is 10.1 Å². The molecule has 98 valence electrons. The molecular formula is C12H18N4O2. The zero-order chi connectivity index (χ0) is 13.3. The maximum Gasteiger partial charge on any atom is 0.311 e. The van der Waals surface area contributed by atoms with Gasteiger partial charge in [-0.15, -0.1) is 0 Å². The molecule has 0 radical (unpaired) electrons. The lowest BCUT2D eigenvalue weighted by molar-refractivity contribution is -0.384. The van der Waals surface area contributed by atoms with E-state index in [0.717, 1.165) is 18.7 Å². The fourth-order valence-electron chi connectivity index (χ4n) is 2.63. The molecule has 1 saturated heterocycles. The lowest BCUT2D eigenvalue weighted by atomic mass is 9.97. The van der Waals surface area contributed by atoms with Crippen LogP contribution in [0.2, 0.25) is 0 Å². The van der Waals surface area contributed by atoms with Crippen LogP contribution in [0.15, 0.2) is 12.1 Å². The van der Waals surface area contributed by atoms with E-state index < -0.39 is 4.92 Å². The molecule has 1 aromatic rings. The van der Waals surface area contributed by atoms with Gasteiger partial charge in [-0.25, -0.2) is 4.98 Å². The molecule has 2 N–H and O–H groups in total. The van der Waals surface area contributed by atoms with E-state index in [-0.39, 0.29) is 11.5 Å². The minimum atomic E-state index is -0.505. The van der Waals surface area contributed by atoms with Crippen molar-refractivity contribution in [1.82, 2.24) is 4.98 Å². The molecule has 18 heavy (non-hydrogen) atoms. The van der Waals surface area contributed by atoms with E-state index in [1.807, 2.05) is 0 Å². The number of hydrogen-bond acceptors (Lipinski definition) is 5. The molecule has 1 aliphatic rings. The summed E-state index contributed by atoms with van der Waals surface area (Å²) in [6, 6.07) is 3.91. The Morgan fingerprint density at radius 2 is 2.00 bits per heavy atom. The fraction of sp³-hybridized carbons (Fsp3) is 0.583. The van der Waals surface area contributed by atoms with Crippen LogP contribution in [0.25, 0.3) is 0 Å². The highest BCUT2D eigenvalue weighted by Crippen LogP contribution is 2.30. The molecule has 2 atom stereocenters. The first-order valence-corrected chi connectivity index (χ1v) is 6.20. The Hall–Kier alpha value is -1.85. The van der Waals surface area contributed by atoms with Gasteiger partial charge in [0.1, 0.15) is 5.82 Å². The van der Waals surface area contributed by atoms with E-state index in [1.165, 1.54) is 12.5 Å². The molecule has 0 aliphatic carbocycles. The Balaban J connectivity index is 2.33. The SMILES string of the molecule is C[C@H]1CCC[C@H](C)N1c1ccc([N+](=O)[O-])c(N)n1. The fourth-order valence-corrected chi connectivity index (χ4v) is 2.63. The van der Waals surface area contributed by atoms with Crippen LogP contribution in [0.3, 0.4) is 0 Å². The first-order chi connectivity index (χ1) is 8.50. The minimum Gasteiger partial charge on any atom is -0.378 e. The molecule has 0 bridgehead atoms. The summed E-state index contributed by atoms with van der Waals surface area (Å²) in [5.41, 5.74) is 5.51. The van der Waals surface area contributed by atoms with Crippen LogP contribution in [-0.2, 0) is 0 Å². The third kappa shape index (κ3) is 2.23. The Kier molecular flexibility index (Phi) is 3.36. The molecule has 0 saturated carbocycles. The van der Waals surface area contributed by atoms with E-state index in [0.29, 0.717) is 12.1 Å². The van der Waals surface area contributed by atoms with Crippen LogP contribution in [-0.4, -0.2) is 22.0 Å². The maximum atomic E-state index is 10.7. The summed E-state index contributed by atoms with van der Waals surface area (Å²) in [6.07, 6.45) is 3.44. The van der Waals surface area contributed by atoms with Crippen molar-refractivity contribution in [2.75, 3.05) is 10.6 Å². The molecule has 0 spiro atoms. The highest BCUT2D eigenvalue weighted by atomic mass is 16.6. The van der Waals surface area contributed by atoms with Crippen molar-refractivity contribution in [3.8, 4) is 0 Å². The van der Waals surface area contributed by atoms with Crippen molar-refractivity contribution in [2.45, 2.75) is 45.2 Å². The van der Waals surface area contributed by atoms with Gasteiger partial charge in [-0.1, -0.05) is 0 Å². The van der Waals surface area contributed by atoms with Gasteiger partial charge in [0, 0.05) is 18.2 Å². The van der Waals surface area contributed by atoms with Gasteiger partial charge in [0.2, 0.25) is 5.82 Å². The Morgan fingerprint density at radius 1 is 1.39 bits per heavy atom. The van der Waals surface area contributed by atoms with Crippen LogP contribution in [0.5, 0.6) is 0 Å². The smallest absolute Gasteiger partial charge is 0.311 e. The van der Waals surface area contributed by atoms with Crippen LogP contribution in [0.1, 0.15) is 33.1 Å². The van der Waals surface area contributed by atoms with Crippen molar-refractivity contribution in [3.63, 3.8) is 0 Å². The van der Waals surface area contributed by atoms with Crippen molar-refractivity contribution >= 4 is 17.3 Å². The molecule has 0 amide bonds. The number of anilines is 2. The Morgan fingerprint density at radius 3 is 2.50 bits per heavy atom. The molecule has 6 heteroatoms. The maximum absolute atomic E-state index is 10.7. The minimum absolute atomic E-state index is 0.0116. The standard InChI is InChI=1S/C12H18N4O2/c1-8-4-3-5-9(2)15(8)11-7-6-10(16(17)18)12(13)14-11/h6-9H,3-5H2,1-2H3,(H2,13,14)/t8-,9-/m0/s1. The lowest BCUT2D eigenvalue weighted by Gasteiger charge is -2.40. The average molecular weight is 250 g/mol. The van der Waals surface area contributed by atoms with Crippen LogP contribution in [0.4, 0.5) is 17.3 Å². The first-order valence-electron chi connectivity index (χ1n) is 6.20. The predicted molar refractivity (Wildman–Crippen MR) is 70.6 cm³/mol. The number of hydrogen-bond donors (Lipinski definition) is 1. The molecule has 0 unspecified atom stereocenters. The second kappa shape index (κ2) is 4.80. The number of piperidine rings is 1. The Bertz CT molecular complexity index is 453. The highest BCUT2D eigenvalue weighted by Gasteiger charge is 2.27. The quantitative estimate of drug-likeness (QED) is 0.643. The van der Waals surface area contributed by atoms with Crippen molar-refractivity contribution in [3.05, 3.63) is 22.2 Å². The third-order valence-corrected chi connectivity index (χ3v) is 3.54. The van der Waals surface area contributed by atoms with Gasteiger partial charge < -0.3 is 10.6 Å². The van der Waals surface area contributed by atoms with Gasteiger partial charge in [-0.05, 0) is 39.2 Å². The molecule has 1 aromatic heterocycles. The average Bonchev–Trinajstić information content (AvgIpc) is 2.28. The summed E-state index contributed by atoms with van der Waals surface area (Å²) in [5.74, 6) is 0.722. The van der Waals surface area contributed by atoms with Gasteiger partial charge >= 0.3 is 5.69 Å². The summed E-state index contributed by atoms with van der Waals surface area (Å²) in [5, 5.41) is 10.7. The number of nitrogen functional groups attached to an aromatic ring is 1. The lowest BCUT2D eigenvalue weighted by Crippen LogP contribution is -2.44. The summed E-state index contributed by atoms with van der Waals surface area (Å²) in [7, 11) is 0. The zero-order valence-corrected chi connectivity index (χ0v) is 10.7. The van der Waals surface area contributed by atoms with Gasteiger partial charge in [0.05, 0.1) is 4.92 Å². The van der Waals surface area contributed by atoms with E-state index in [4.69, 9.17) is 5.73 Å². The molecule has 2 heterocycles. The van der Waals surface area contributed by atoms with Gasteiger partial charge in [0.25, 0.3) is 0 Å². The van der Waals surface area contributed by atoms with Gasteiger partial charge in [-0.2, -0.15) is 0 Å². The topological polar surface area (TPSA) is 85.3 Å². The molecule has 2 rings (SSSR count). The summed E-state index contributed by atoms with van der Waals surface area (Å²) < 4.78 is 0. The number of aromatic nitrogens is 1. The van der Waals surface area contributed by atoms with E-state index in [2.05, 4.69) is 23.7 Å². The number of nitro groups is 1. The second-order valence-corrected chi connectivity index (χ2v) is 4.87. The van der Waals surface area contributed by atoms with Crippen molar-refractivity contribution < 1.29 is 4.92 Å². The van der Waals surface area contributed by atoms with Crippen LogP contribution < -0.4 is 10.6 Å². The van der Waals surface area contributed by atoms with Crippen LogP contribution in [0, 0.1) is 10.1 Å². The molecule has 1 aliphatic heterocycles. The summed E-state index contributed by atoms with van der Waals surface area (Å²) in [4.78, 5) is 16.6. The number of pyridine rings is 1. The van der Waals surface area contributed by atoms with E-state index >= 15 is 0 Å². The predicted octanol–water partition coefficient (Wildman–Crippen LogP) is 2.34. The second-order valence-electron chi connectivity index (χ2n) is 4.87. The molecule has 6 nitrogen and oxygen atoms in total. The largest absolute Gasteiger partial charge is 0.378 e. The monoisotopic (exact) mass is 250 g/mol. The molecular weight excluding hydrogens is 232 g/mol. The van der Waals surface area contributed by atoms with E-state index in [9.17, 15) is 10.1 Å². The van der Waals surface area contributed by atoms with E-state index in [1.54, 1.807) is 6.07 Å². The zero-order valence-electron chi connectivity index (χ0n) is 10.7. The highest BCUT2D eigenvalue weighted by molar-refractivity contribution is 5.58. The van der Waals surface area contributed by atoms with Gasteiger partial charge in [0.15, 0.2) is 0 Å². The number of nitrogens with two attached hydrogens (primary N) is 1.